The average Bonchev–Trinajstić information content (AvgIpc) is 2.64. The van der Waals surface area contributed by atoms with Crippen molar-refractivity contribution in [3.8, 4) is 0 Å². The van der Waals surface area contributed by atoms with Crippen LogP contribution in [0.1, 0.15) is 11.4 Å². The van der Waals surface area contributed by atoms with Crippen LogP contribution in [0.15, 0.2) is 17.0 Å². The molecule has 0 saturated heterocycles. The van der Waals surface area contributed by atoms with Crippen molar-refractivity contribution in [1.29, 1.82) is 0 Å². The van der Waals surface area contributed by atoms with Crippen molar-refractivity contribution < 1.29 is 4.63 Å². The second-order valence-electron chi connectivity index (χ2n) is 2.65. The summed E-state index contributed by atoms with van der Waals surface area (Å²) < 4.78 is 7.48. The predicted molar refractivity (Wildman–Crippen MR) is 53.1 cm³/mol. The smallest absolute Gasteiger partial charge is 0.129 e. The normalized spacial score (nSPS) is 10.6. The highest BCUT2D eigenvalue weighted by molar-refractivity contribution is 14.1. The number of nitrogens with zero attached hydrogens (tertiary/aromatic N) is 4. The Kier molecular flexibility index (Phi) is 2.30. The number of hydrogen-bond donors (Lipinski definition) is 0. The minimum atomic E-state index is 0.609. The fourth-order valence-corrected chi connectivity index (χ4v) is 1.42. The number of rotatable bonds is 2. The molecular weight excluding hydrogens is 283 g/mol. The highest BCUT2D eigenvalue weighted by atomic mass is 127. The van der Waals surface area contributed by atoms with E-state index in [4.69, 9.17) is 0 Å². The molecule has 0 unspecified atom stereocenters. The molecule has 2 rings (SSSR count). The summed E-state index contributed by atoms with van der Waals surface area (Å²) in [6.07, 6.45) is 3.73. The molecule has 0 aliphatic rings. The van der Waals surface area contributed by atoms with Gasteiger partial charge in [0.05, 0.1) is 16.3 Å². The summed E-state index contributed by atoms with van der Waals surface area (Å²) in [6, 6.07) is 0. The molecule has 0 aliphatic carbocycles. The van der Waals surface area contributed by atoms with Crippen molar-refractivity contribution in [3.05, 3.63) is 27.4 Å². The van der Waals surface area contributed by atoms with Crippen molar-refractivity contribution in [2.75, 3.05) is 0 Å². The van der Waals surface area contributed by atoms with Gasteiger partial charge in [-0.1, -0.05) is 10.3 Å². The van der Waals surface area contributed by atoms with Gasteiger partial charge in [-0.25, -0.2) is 4.63 Å². The predicted octanol–water partition coefficient (Wildman–Crippen LogP) is 1.23. The summed E-state index contributed by atoms with van der Waals surface area (Å²) >= 11 is 2.21. The summed E-state index contributed by atoms with van der Waals surface area (Å²) in [4.78, 5) is 0. The molecule has 0 atom stereocenters. The summed E-state index contributed by atoms with van der Waals surface area (Å²) in [5.41, 5.74) is 1.63. The first-order valence-electron chi connectivity index (χ1n) is 3.71. The van der Waals surface area contributed by atoms with E-state index in [1.165, 1.54) is 0 Å². The van der Waals surface area contributed by atoms with Gasteiger partial charge < -0.3 is 0 Å². The number of aromatic nitrogens is 4. The maximum absolute atomic E-state index is 4.58. The van der Waals surface area contributed by atoms with Crippen molar-refractivity contribution >= 4 is 22.6 Å². The monoisotopic (exact) mass is 290 g/mol. The fraction of sp³-hybridized carbons (Fsp3) is 0.286. The Balaban J connectivity index is 2.19. The van der Waals surface area contributed by atoms with Gasteiger partial charge in [-0.05, 0) is 29.5 Å². The Bertz CT molecular complexity index is 408. The topological polar surface area (TPSA) is 56.7 Å². The molecule has 5 nitrogen and oxygen atoms in total. The van der Waals surface area contributed by atoms with Gasteiger partial charge in [-0.3, -0.25) is 4.68 Å². The van der Waals surface area contributed by atoms with Crippen LogP contribution in [-0.4, -0.2) is 20.1 Å². The molecule has 0 bridgehead atoms. The van der Waals surface area contributed by atoms with Gasteiger partial charge in [-0.2, -0.15) is 5.10 Å². The lowest BCUT2D eigenvalue weighted by molar-refractivity contribution is 0.300. The van der Waals surface area contributed by atoms with E-state index in [1.807, 2.05) is 13.1 Å². The van der Waals surface area contributed by atoms with Crippen LogP contribution < -0.4 is 0 Å². The van der Waals surface area contributed by atoms with Crippen LogP contribution in [0.4, 0.5) is 0 Å². The highest BCUT2D eigenvalue weighted by Crippen LogP contribution is 2.05. The highest BCUT2D eigenvalue weighted by Gasteiger charge is 2.05. The molecule has 13 heavy (non-hydrogen) atoms. The van der Waals surface area contributed by atoms with E-state index in [2.05, 4.69) is 42.6 Å². The van der Waals surface area contributed by atoms with E-state index in [1.54, 1.807) is 10.9 Å². The first-order chi connectivity index (χ1) is 6.25. The summed E-state index contributed by atoms with van der Waals surface area (Å²) in [6.45, 7) is 2.47. The van der Waals surface area contributed by atoms with Crippen molar-refractivity contribution in [2.24, 2.45) is 0 Å². The zero-order chi connectivity index (χ0) is 9.26. The first kappa shape index (κ1) is 8.67. The van der Waals surface area contributed by atoms with Crippen LogP contribution in [0, 0.1) is 10.5 Å². The lowest BCUT2D eigenvalue weighted by atomic mass is 10.3. The van der Waals surface area contributed by atoms with Crippen LogP contribution in [-0.2, 0) is 6.54 Å². The molecule has 0 spiro atoms. The molecule has 0 amide bonds. The number of hydrogen-bond acceptors (Lipinski definition) is 4. The maximum atomic E-state index is 4.58. The zero-order valence-corrected chi connectivity index (χ0v) is 9.09. The van der Waals surface area contributed by atoms with Gasteiger partial charge in [0, 0.05) is 6.20 Å². The van der Waals surface area contributed by atoms with Crippen LogP contribution in [0.3, 0.4) is 0 Å². The zero-order valence-electron chi connectivity index (χ0n) is 6.94. The van der Waals surface area contributed by atoms with E-state index in [0.717, 1.165) is 15.0 Å². The molecule has 6 heteroatoms. The lowest BCUT2D eigenvalue weighted by Gasteiger charge is -1.95. The van der Waals surface area contributed by atoms with Gasteiger partial charge in [0.2, 0.25) is 0 Å². The summed E-state index contributed by atoms with van der Waals surface area (Å²) in [5, 5.41) is 11.6. The molecule has 0 N–H and O–H groups in total. The van der Waals surface area contributed by atoms with Gasteiger partial charge in [-0.15, -0.1) is 0 Å². The van der Waals surface area contributed by atoms with E-state index < -0.39 is 0 Å². The molecule has 0 aliphatic heterocycles. The third kappa shape index (κ3) is 1.87. The molecule has 2 aromatic rings. The van der Waals surface area contributed by atoms with Gasteiger partial charge in [0.15, 0.2) is 0 Å². The molecular formula is C7H7IN4O. The minimum Gasteiger partial charge on any atom is -0.265 e. The van der Waals surface area contributed by atoms with Crippen molar-refractivity contribution in [3.63, 3.8) is 0 Å². The SMILES string of the molecule is Cc1nonc1Cn1cc(I)cn1. The number of aryl methyl sites for hydroxylation is 1. The van der Waals surface area contributed by atoms with E-state index in [0.29, 0.717) is 6.54 Å². The quantitative estimate of drug-likeness (QED) is 0.781. The van der Waals surface area contributed by atoms with Gasteiger partial charge >= 0.3 is 0 Å². The largest absolute Gasteiger partial charge is 0.265 e. The Morgan fingerprint density at radius 1 is 1.54 bits per heavy atom. The van der Waals surface area contributed by atoms with Crippen molar-refractivity contribution in [1.82, 2.24) is 20.1 Å². The third-order valence-electron chi connectivity index (χ3n) is 1.66. The Hall–Kier alpha value is -0.920. The molecule has 68 valence electrons. The third-order valence-corrected chi connectivity index (χ3v) is 2.22. The average molecular weight is 290 g/mol. The van der Waals surface area contributed by atoms with E-state index in [-0.39, 0.29) is 0 Å². The Morgan fingerprint density at radius 2 is 2.38 bits per heavy atom. The molecule has 0 radical (unpaired) electrons. The lowest BCUT2D eigenvalue weighted by Crippen LogP contribution is -2.01. The molecule has 0 aromatic carbocycles. The second kappa shape index (κ2) is 3.44. The van der Waals surface area contributed by atoms with E-state index in [9.17, 15) is 0 Å². The molecule has 0 fully saturated rings. The molecule has 2 heterocycles. The molecule has 2 aromatic heterocycles. The molecule has 0 saturated carbocycles. The minimum absolute atomic E-state index is 0.609. The van der Waals surface area contributed by atoms with Crippen LogP contribution in [0.5, 0.6) is 0 Å². The second-order valence-corrected chi connectivity index (χ2v) is 3.90. The Morgan fingerprint density at radius 3 is 2.92 bits per heavy atom. The van der Waals surface area contributed by atoms with Crippen molar-refractivity contribution in [2.45, 2.75) is 13.5 Å². The van der Waals surface area contributed by atoms with Crippen LogP contribution in [0.2, 0.25) is 0 Å². The van der Waals surface area contributed by atoms with Gasteiger partial charge in [0.1, 0.15) is 11.4 Å². The summed E-state index contributed by atoms with van der Waals surface area (Å²) in [5.74, 6) is 0. The standard InChI is InChI=1S/C7H7IN4O/c1-5-7(11-13-10-5)4-12-3-6(8)2-9-12/h2-3H,4H2,1H3. The van der Waals surface area contributed by atoms with E-state index >= 15 is 0 Å². The Labute approximate surface area is 88.2 Å². The number of halogens is 1. The fourth-order valence-electron chi connectivity index (χ4n) is 0.971. The van der Waals surface area contributed by atoms with Crippen LogP contribution in [0.25, 0.3) is 0 Å². The summed E-state index contributed by atoms with van der Waals surface area (Å²) in [7, 11) is 0. The van der Waals surface area contributed by atoms with Crippen LogP contribution >= 0.6 is 22.6 Å². The first-order valence-corrected chi connectivity index (χ1v) is 4.79. The maximum Gasteiger partial charge on any atom is 0.129 e. The van der Waals surface area contributed by atoms with Gasteiger partial charge in [0.25, 0.3) is 0 Å².